The van der Waals surface area contributed by atoms with Crippen LogP contribution < -0.4 is 37.8 Å². The van der Waals surface area contributed by atoms with Gasteiger partial charge in [-0.15, -0.1) is 25.3 Å². The number of rotatable bonds is 39. The summed E-state index contributed by atoms with van der Waals surface area (Å²) in [5, 5.41) is 39.8. The van der Waals surface area contributed by atoms with Crippen molar-refractivity contribution in [2.24, 2.45) is 11.0 Å². The number of unbranched alkanes of at least 4 members (excludes halogenated alkanes) is 2. The average Bonchev–Trinajstić information content (AvgIpc) is 1.34. The van der Waals surface area contributed by atoms with Crippen molar-refractivity contribution in [1.82, 2.24) is 21.3 Å². The highest BCUT2D eigenvalue weighted by atomic mass is 33.1. The summed E-state index contributed by atoms with van der Waals surface area (Å²) < 4.78 is 138. The Labute approximate surface area is 587 Å². The average molecular weight is 1560 g/mol. The number of esters is 1. The molecule has 1 fully saturated rings. The molecule has 2 aromatic rings. The molecule has 3 amide bonds. The minimum absolute atomic E-state index is 0.0618. The van der Waals surface area contributed by atoms with Crippen LogP contribution in [0.3, 0.4) is 0 Å². The van der Waals surface area contributed by atoms with Gasteiger partial charge in [0.2, 0.25) is 5.91 Å². The molecule has 4 unspecified atom stereocenters. The van der Waals surface area contributed by atoms with E-state index in [1.54, 1.807) is 76.2 Å². The summed E-state index contributed by atoms with van der Waals surface area (Å²) in [5.41, 5.74) is 18.9. The molecular formula is C56H74N10O28P3S4+. The third-order valence-corrected chi connectivity index (χ3v) is 20.3. The monoisotopic (exact) mass is 1560 g/mol. The first-order chi connectivity index (χ1) is 47.6. The Kier molecular flexibility index (Phi) is 36.5. The number of amides is 3. The number of anilines is 1. The summed E-state index contributed by atoms with van der Waals surface area (Å²) in [7, 11) is -20.0. The number of amidine groups is 1. The zero-order valence-corrected chi connectivity index (χ0v) is 59.8. The van der Waals surface area contributed by atoms with Crippen molar-refractivity contribution in [3.8, 4) is 34.3 Å². The molecule has 1 saturated heterocycles. The van der Waals surface area contributed by atoms with E-state index in [4.69, 9.17) is 90.0 Å². The lowest BCUT2D eigenvalue weighted by Crippen LogP contribution is -2.44. The van der Waals surface area contributed by atoms with Crippen molar-refractivity contribution in [2.75, 3.05) is 84.3 Å². The third-order valence-electron chi connectivity index (χ3n) is 13.5. The number of benzene rings is 3. The largest absolute Gasteiger partial charge is 0.490 e. The molecule has 14 N–H and O–H groups in total. The molecule has 6 atom stereocenters. The molecule has 3 aliphatic heterocycles. The van der Waals surface area contributed by atoms with Gasteiger partial charge in [0.25, 0.3) is 0 Å². The minimum Gasteiger partial charge on any atom is -0.478 e. The van der Waals surface area contributed by atoms with Gasteiger partial charge in [-0.3, -0.25) is 24.9 Å². The zero-order valence-electron chi connectivity index (χ0n) is 53.8. The van der Waals surface area contributed by atoms with E-state index >= 15 is 0 Å². The smallest absolute Gasteiger partial charge is 0.478 e. The highest BCUT2D eigenvalue weighted by molar-refractivity contribution is 8.77. The Bertz CT molecular complexity index is 4110. The Morgan fingerprint density at radius 3 is 2.28 bits per heavy atom. The highest BCUT2D eigenvalue weighted by Crippen LogP contribution is 2.66. The number of carbonyl (C=O) groups is 4. The van der Waals surface area contributed by atoms with E-state index in [0.717, 1.165) is 12.8 Å². The number of azide groups is 1. The lowest BCUT2D eigenvalue weighted by molar-refractivity contribution is -0.172. The van der Waals surface area contributed by atoms with E-state index in [-0.39, 0.29) is 53.7 Å². The Balaban J connectivity index is 0.00000256. The van der Waals surface area contributed by atoms with Gasteiger partial charge in [0.15, 0.2) is 5.36 Å². The third kappa shape index (κ3) is 33.1. The van der Waals surface area contributed by atoms with Crippen LogP contribution in [0.15, 0.2) is 82.4 Å². The molecule has 38 nitrogen and oxygen atoms in total. The van der Waals surface area contributed by atoms with E-state index in [0.29, 0.717) is 127 Å². The van der Waals surface area contributed by atoms with Crippen molar-refractivity contribution in [3.63, 3.8) is 0 Å². The first-order valence-corrected chi connectivity index (χ1v) is 38.5. The van der Waals surface area contributed by atoms with Crippen LogP contribution in [0.25, 0.3) is 49.6 Å². The first kappa shape index (κ1) is 86.0. The second-order valence-corrected chi connectivity index (χ2v) is 29.7. The standard InChI is InChI=1S/C56H73N10O22P3S2.2O3S/c1-35(36-11-14-40(54(69)70)43(27-36)51-41-15-12-38(57)29-45(41)85-46-30-39(58)13-16-42(46)51)61-20-24-80-26-25-79-22-8-10-50(67)82-23-17-56(2,3)93-92-34-81-21-6-4-5-18-62-55(71)63-19-7-9-37-28-44(53(68)65-52(37)59)47-31-48(83-33-64-66-60)49(86-47)32-84-90(75,76)88-91(77,78)87-89(72,73)74;2*1-4(2)3/h11-16,27-30,44,47-49,57,61H,1,4-6,8,10,17-26,31-34,58H2,2-3H3,(H,69,70)(H,75,76)(H,77,78)(H2,59,65,68)(H2,62,63,71)(H2,72,73,74);;/p+1/t44?,47-,48?,49-;;/m1../s1. The summed E-state index contributed by atoms with van der Waals surface area (Å²) in [6.07, 6.45) is 1.36. The van der Waals surface area contributed by atoms with Gasteiger partial charge in [0.05, 0.1) is 74.9 Å². The number of fused-ring (bicyclic) bond motifs is 2. The number of hydrogen-bond donors (Lipinski definition) is 12. The fraction of sp³-hybridized carbons (Fsp3) is 0.464. The van der Waals surface area contributed by atoms with Gasteiger partial charge >= 0.3 is 62.7 Å². The number of hydrogen-bond acceptors (Lipinski definition) is 29. The number of aromatic carboxylic acids is 1. The van der Waals surface area contributed by atoms with Crippen molar-refractivity contribution in [3.05, 3.63) is 99.8 Å². The number of ether oxygens (including phenoxy) is 6. The second-order valence-electron chi connectivity index (χ2n) is 21.5. The van der Waals surface area contributed by atoms with Gasteiger partial charge < -0.3 is 84.5 Å². The minimum atomic E-state index is -5.82. The number of nitrogens with one attached hydrogen (secondary N) is 5. The molecule has 1 aliphatic carbocycles. The molecule has 0 aromatic heterocycles. The highest BCUT2D eigenvalue weighted by Gasteiger charge is 2.46. The van der Waals surface area contributed by atoms with E-state index in [1.807, 2.05) is 0 Å². The molecule has 0 bridgehead atoms. The molecule has 0 radical (unpaired) electrons. The van der Waals surface area contributed by atoms with Crippen molar-refractivity contribution < 1.29 is 134 Å². The first-order valence-electron chi connectivity index (χ1n) is 29.7. The van der Waals surface area contributed by atoms with Crippen molar-refractivity contribution in [1.29, 1.82) is 5.41 Å². The lowest BCUT2D eigenvalue weighted by Gasteiger charge is -2.25. The van der Waals surface area contributed by atoms with E-state index in [2.05, 4.69) is 76.7 Å². The lowest BCUT2D eigenvalue weighted by atomic mass is 9.89. The number of nitrogens with two attached hydrogens (primary N) is 2. The molecule has 3 heterocycles. The van der Waals surface area contributed by atoms with Gasteiger partial charge in [-0.2, -0.15) is 8.62 Å². The number of phosphoric ester groups is 1. The topological polar surface area (TPSA) is 592 Å². The molecule has 45 heteroatoms. The summed E-state index contributed by atoms with van der Waals surface area (Å²) in [4.78, 5) is 89.7. The van der Waals surface area contributed by atoms with Crippen molar-refractivity contribution >= 4 is 118 Å². The van der Waals surface area contributed by atoms with Crippen LogP contribution in [0.2, 0.25) is 0 Å². The number of phosphoric acid groups is 3. The Morgan fingerprint density at radius 2 is 1.58 bits per heavy atom. The zero-order chi connectivity index (χ0) is 74.9. The summed E-state index contributed by atoms with van der Waals surface area (Å²) >= 11 is 0. The second kappa shape index (κ2) is 42.9. The predicted octanol–water partition coefficient (Wildman–Crippen LogP) is 3.85. The van der Waals surface area contributed by atoms with Crippen LogP contribution in [0, 0.1) is 23.2 Å². The van der Waals surface area contributed by atoms with Gasteiger partial charge in [-0.25, -0.2) is 23.3 Å². The number of carbonyl (C=O) groups excluding carboxylic acids is 3. The maximum absolute atomic E-state index is 13.0. The van der Waals surface area contributed by atoms with Gasteiger partial charge in [0.1, 0.15) is 36.0 Å². The van der Waals surface area contributed by atoms with Crippen LogP contribution >= 0.6 is 45.1 Å². The number of nitrogens with zero attached hydrogens (tertiary/aromatic N) is 3. The fourth-order valence-corrected chi connectivity index (χ4v) is 14.4. The van der Waals surface area contributed by atoms with Crippen LogP contribution in [0.4, 0.5) is 10.5 Å². The number of carboxylic acid groups (broad SMARTS) is 1. The SMILES string of the molecule is C=C(NCCOCCOCCCC(=O)OCCC(C)(C)SSCOCCCCCNC(=O)NCC#CC1=CC([C@H]2CC(OCN=[N+]=[N-])[C@@H](COP(=O)(O)OP(=O)(O)OP(=O)(O)O)O2)C(=O)NC1=N)c1ccc(C(=O)O)c(-c2c3ccc(=[NH2+])cc-3oc3cc(N)ccc23)c1.O=S(=O)=O.O=S(=O)=O. The molecule has 2 aromatic carbocycles. The van der Waals surface area contributed by atoms with E-state index in [1.165, 1.54) is 6.08 Å². The molecule has 4 aliphatic rings. The predicted molar refractivity (Wildman–Crippen MR) is 360 cm³/mol. The fourth-order valence-electron chi connectivity index (χ4n) is 9.11. The van der Waals surface area contributed by atoms with Crippen LogP contribution in [-0.4, -0.2) is 181 Å². The summed E-state index contributed by atoms with van der Waals surface area (Å²) in [5.74, 6) is 2.81. The van der Waals surface area contributed by atoms with Crippen LogP contribution in [0.1, 0.15) is 74.7 Å². The van der Waals surface area contributed by atoms with E-state index < -0.39 is 100 Å². The van der Waals surface area contributed by atoms with Gasteiger partial charge in [0, 0.05) is 88.8 Å². The molecular weight excluding hydrogens is 1480 g/mol. The maximum Gasteiger partial charge on any atom is 0.490 e. The van der Waals surface area contributed by atoms with E-state index in [9.17, 15) is 47.8 Å². The molecule has 6 rings (SSSR count). The molecule has 0 spiro atoms. The summed E-state index contributed by atoms with van der Waals surface area (Å²) in [6, 6.07) is 15.0. The molecule has 101 heavy (non-hydrogen) atoms. The van der Waals surface area contributed by atoms with Gasteiger partial charge in [-0.1, -0.05) is 57.3 Å². The quantitative estimate of drug-likeness (QED) is 0.00258. The molecule has 554 valence electrons. The number of carboxylic acids is 1. The van der Waals surface area contributed by atoms with Crippen LogP contribution in [-0.2, 0) is 86.1 Å². The Morgan fingerprint density at radius 1 is 0.881 bits per heavy atom. The molecule has 0 saturated carbocycles. The van der Waals surface area contributed by atoms with Gasteiger partial charge in [-0.05, 0) is 92.9 Å². The number of urea groups is 1. The maximum atomic E-state index is 13.0. The van der Waals surface area contributed by atoms with Crippen molar-refractivity contribution in [2.45, 2.75) is 81.9 Å². The number of nitrogen functional groups attached to an aromatic ring is 1. The summed E-state index contributed by atoms with van der Waals surface area (Å²) in [6.45, 7) is 9.71. The normalized spacial score (nSPS) is 16.9. The van der Waals surface area contributed by atoms with Crippen LogP contribution in [0.5, 0.6) is 0 Å². The Hall–Kier alpha value is -7.42.